The molecule has 0 aliphatic carbocycles. The zero-order chi connectivity index (χ0) is 11.2. The van der Waals surface area contributed by atoms with Crippen molar-refractivity contribution in [2.75, 3.05) is 0 Å². The molecule has 0 amide bonds. The highest BCUT2D eigenvalue weighted by Gasteiger charge is 1.98. The van der Waals surface area contributed by atoms with E-state index >= 15 is 0 Å². The van der Waals surface area contributed by atoms with Crippen LogP contribution in [0, 0.1) is 0 Å². The molecular weight excluding hydrogens is 184 g/mol. The van der Waals surface area contributed by atoms with Crippen molar-refractivity contribution in [3.63, 3.8) is 0 Å². The van der Waals surface area contributed by atoms with Crippen molar-refractivity contribution in [1.29, 1.82) is 0 Å². The summed E-state index contributed by atoms with van der Waals surface area (Å²) in [6.07, 6.45) is 0. The SMILES string of the molecule is CC(C)(N)O.NOc1ccccc1O. The lowest BCUT2D eigenvalue weighted by molar-refractivity contribution is 0.0881. The lowest BCUT2D eigenvalue weighted by Gasteiger charge is -2.05. The van der Waals surface area contributed by atoms with E-state index in [0.29, 0.717) is 0 Å². The zero-order valence-corrected chi connectivity index (χ0v) is 8.27. The van der Waals surface area contributed by atoms with E-state index in [2.05, 4.69) is 4.84 Å². The number of nitrogens with two attached hydrogens (primary N) is 2. The van der Waals surface area contributed by atoms with Crippen LogP contribution in [-0.2, 0) is 0 Å². The van der Waals surface area contributed by atoms with Gasteiger partial charge in [-0.1, -0.05) is 12.1 Å². The maximum Gasteiger partial charge on any atom is 0.188 e. The molecule has 5 heteroatoms. The summed E-state index contributed by atoms with van der Waals surface area (Å²) in [6.45, 7) is 3.04. The Morgan fingerprint density at radius 1 is 1.29 bits per heavy atom. The molecule has 0 atom stereocenters. The third-order valence-electron chi connectivity index (χ3n) is 0.992. The van der Waals surface area contributed by atoms with E-state index in [4.69, 9.17) is 21.8 Å². The van der Waals surface area contributed by atoms with Crippen LogP contribution >= 0.6 is 0 Å². The quantitative estimate of drug-likeness (QED) is 0.386. The van der Waals surface area contributed by atoms with Crippen LogP contribution in [0.25, 0.3) is 0 Å². The van der Waals surface area contributed by atoms with Crippen LogP contribution in [0.3, 0.4) is 0 Å². The predicted octanol–water partition coefficient (Wildman–Crippen LogP) is 0.318. The van der Waals surface area contributed by atoms with Crippen LogP contribution < -0.4 is 16.5 Å². The molecule has 0 aromatic heterocycles. The van der Waals surface area contributed by atoms with Gasteiger partial charge in [-0.05, 0) is 26.0 Å². The Bertz CT molecular complexity index is 265. The number of phenols is 1. The molecule has 0 unspecified atom stereocenters. The van der Waals surface area contributed by atoms with Crippen LogP contribution in [-0.4, -0.2) is 15.9 Å². The second-order valence-corrected chi connectivity index (χ2v) is 3.24. The van der Waals surface area contributed by atoms with Gasteiger partial charge in [0.25, 0.3) is 0 Å². The molecule has 0 fully saturated rings. The average molecular weight is 200 g/mol. The summed E-state index contributed by atoms with van der Waals surface area (Å²) in [6, 6.07) is 6.50. The van der Waals surface area contributed by atoms with Gasteiger partial charge in [0.05, 0.1) is 0 Å². The van der Waals surface area contributed by atoms with Gasteiger partial charge in [0.1, 0.15) is 5.72 Å². The van der Waals surface area contributed by atoms with E-state index in [1.54, 1.807) is 18.2 Å². The fourth-order valence-corrected chi connectivity index (χ4v) is 0.557. The number of phenolic OH excluding ortho intramolecular Hbond substituents is 1. The minimum absolute atomic E-state index is 0.0556. The Labute approximate surface area is 82.9 Å². The van der Waals surface area contributed by atoms with Gasteiger partial charge in [0.2, 0.25) is 0 Å². The molecule has 1 rings (SSSR count). The van der Waals surface area contributed by atoms with Gasteiger partial charge >= 0.3 is 0 Å². The molecular formula is C9H16N2O3. The van der Waals surface area contributed by atoms with Crippen molar-refractivity contribution in [3.05, 3.63) is 24.3 Å². The maximum atomic E-state index is 8.91. The number of hydrogen-bond acceptors (Lipinski definition) is 5. The second-order valence-electron chi connectivity index (χ2n) is 3.24. The van der Waals surface area contributed by atoms with E-state index in [9.17, 15) is 0 Å². The first-order valence-electron chi connectivity index (χ1n) is 4.00. The molecule has 0 aliphatic rings. The Morgan fingerprint density at radius 2 is 1.71 bits per heavy atom. The molecule has 0 radical (unpaired) electrons. The summed E-state index contributed by atoms with van der Waals surface area (Å²) < 4.78 is 0. The molecule has 80 valence electrons. The molecule has 0 heterocycles. The van der Waals surface area contributed by atoms with Crippen molar-refractivity contribution in [2.45, 2.75) is 19.6 Å². The van der Waals surface area contributed by atoms with Crippen molar-refractivity contribution in [2.24, 2.45) is 11.6 Å². The van der Waals surface area contributed by atoms with Gasteiger partial charge < -0.3 is 20.8 Å². The summed E-state index contributed by atoms with van der Waals surface area (Å²) >= 11 is 0. The number of rotatable bonds is 1. The molecule has 0 saturated carbocycles. The highest BCUT2D eigenvalue weighted by atomic mass is 16.6. The van der Waals surface area contributed by atoms with E-state index in [-0.39, 0.29) is 11.5 Å². The Morgan fingerprint density at radius 3 is 2.00 bits per heavy atom. The second kappa shape index (κ2) is 5.43. The van der Waals surface area contributed by atoms with E-state index in [0.717, 1.165) is 0 Å². The van der Waals surface area contributed by atoms with Crippen LogP contribution in [0.2, 0.25) is 0 Å². The Balaban J connectivity index is 0.000000292. The largest absolute Gasteiger partial charge is 0.504 e. The van der Waals surface area contributed by atoms with Crippen molar-refractivity contribution >= 4 is 0 Å². The first-order chi connectivity index (χ1) is 6.34. The number of para-hydroxylation sites is 2. The molecule has 1 aromatic rings. The predicted molar refractivity (Wildman–Crippen MR) is 53.4 cm³/mol. The standard InChI is InChI=1S/C6H7NO2.C3H9NO/c7-9-6-4-2-1-3-5(6)8;1-3(2,4)5/h1-4,8H,7H2;5H,4H2,1-2H3. The summed E-state index contributed by atoms with van der Waals surface area (Å²) in [5.41, 5.74) is 3.91. The smallest absolute Gasteiger partial charge is 0.188 e. The minimum Gasteiger partial charge on any atom is -0.504 e. The first kappa shape index (κ1) is 12.7. The maximum absolute atomic E-state index is 8.91. The number of aliphatic hydroxyl groups is 1. The fraction of sp³-hybridized carbons (Fsp3) is 0.333. The van der Waals surface area contributed by atoms with Gasteiger partial charge in [-0.2, -0.15) is 5.90 Å². The third-order valence-corrected chi connectivity index (χ3v) is 0.992. The zero-order valence-electron chi connectivity index (χ0n) is 8.27. The van der Waals surface area contributed by atoms with Crippen LogP contribution in [0.5, 0.6) is 11.5 Å². The minimum atomic E-state index is -1.00. The molecule has 0 aliphatic heterocycles. The molecule has 0 spiro atoms. The molecule has 0 saturated heterocycles. The van der Waals surface area contributed by atoms with Crippen LogP contribution in [0.4, 0.5) is 0 Å². The molecule has 1 aromatic carbocycles. The van der Waals surface area contributed by atoms with Gasteiger partial charge in [-0.3, -0.25) is 0 Å². The summed E-state index contributed by atoms with van der Waals surface area (Å²) in [5.74, 6) is 5.14. The molecule has 6 N–H and O–H groups in total. The van der Waals surface area contributed by atoms with Gasteiger partial charge in [-0.15, -0.1) is 0 Å². The van der Waals surface area contributed by atoms with Gasteiger partial charge in [-0.25, -0.2) is 0 Å². The van der Waals surface area contributed by atoms with E-state index < -0.39 is 5.72 Å². The third kappa shape index (κ3) is 7.35. The molecule has 5 nitrogen and oxygen atoms in total. The van der Waals surface area contributed by atoms with Crippen molar-refractivity contribution in [1.82, 2.24) is 0 Å². The highest BCUT2D eigenvalue weighted by molar-refractivity contribution is 5.37. The van der Waals surface area contributed by atoms with Crippen molar-refractivity contribution in [3.8, 4) is 11.5 Å². The fourth-order valence-electron chi connectivity index (χ4n) is 0.557. The highest BCUT2D eigenvalue weighted by Crippen LogP contribution is 2.22. The normalized spacial score (nSPS) is 10.1. The lowest BCUT2D eigenvalue weighted by atomic mass is 10.3. The summed E-state index contributed by atoms with van der Waals surface area (Å²) in [7, 11) is 0. The number of aromatic hydroxyl groups is 1. The first-order valence-corrected chi connectivity index (χ1v) is 4.00. The Kier molecular flexibility index (Phi) is 4.93. The summed E-state index contributed by atoms with van der Waals surface area (Å²) in [5, 5.41) is 17.2. The topological polar surface area (TPSA) is 102 Å². The van der Waals surface area contributed by atoms with Gasteiger partial charge in [0, 0.05) is 0 Å². The van der Waals surface area contributed by atoms with Crippen LogP contribution in [0.1, 0.15) is 13.8 Å². The lowest BCUT2D eigenvalue weighted by Crippen LogP contribution is -2.30. The Hall–Kier alpha value is -1.30. The van der Waals surface area contributed by atoms with E-state index in [1.807, 2.05) is 0 Å². The van der Waals surface area contributed by atoms with E-state index in [1.165, 1.54) is 19.9 Å². The number of benzene rings is 1. The summed E-state index contributed by atoms with van der Waals surface area (Å²) in [4.78, 5) is 4.29. The van der Waals surface area contributed by atoms with Crippen molar-refractivity contribution < 1.29 is 15.1 Å². The molecule has 14 heavy (non-hydrogen) atoms. The molecule has 0 bridgehead atoms. The average Bonchev–Trinajstić information content (AvgIpc) is 2.02. The monoisotopic (exact) mass is 200 g/mol. The van der Waals surface area contributed by atoms with Crippen LogP contribution in [0.15, 0.2) is 24.3 Å². The number of hydrogen-bond donors (Lipinski definition) is 4. The van der Waals surface area contributed by atoms with Gasteiger partial charge in [0.15, 0.2) is 11.5 Å².